The molecule has 4 aromatic rings. The molecule has 0 aliphatic rings. The molecule has 0 atom stereocenters. The van der Waals surface area contributed by atoms with Crippen LogP contribution in [0.25, 0.3) is 10.9 Å². The summed E-state index contributed by atoms with van der Waals surface area (Å²) < 4.78 is 2.60. The van der Waals surface area contributed by atoms with Crippen LogP contribution in [0.4, 0.5) is 5.82 Å². The number of ketones is 1. The van der Waals surface area contributed by atoms with Crippen molar-refractivity contribution in [3.63, 3.8) is 0 Å². The monoisotopic (exact) mass is 433 g/mol. The van der Waals surface area contributed by atoms with Gasteiger partial charge >= 0.3 is 0 Å². The van der Waals surface area contributed by atoms with Crippen molar-refractivity contribution < 1.29 is 9.59 Å². The molecular weight excluding hydrogens is 418 g/mol. The van der Waals surface area contributed by atoms with Gasteiger partial charge in [0.25, 0.3) is 5.91 Å². The van der Waals surface area contributed by atoms with Gasteiger partial charge in [-0.2, -0.15) is 5.10 Å². The van der Waals surface area contributed by atoms with Gasteiger partial charge in [0.15, 0.2) is 11.6 Å². The molecule has 0 bridgehead atoms. The van der Waals surface area contributed by atoms with Crippen LogP contribution < -0.4 is 5.32 Å². The van der Waals surface area contributed by atoms with E-state index in [9.17, 15) is 9.59 Å². The quantitative estimate of drug-likeness (QED) is 0.469. The van der Waals surface area contributed by atoms with Gasteiger partial charge in [0.05, 0.1) is 11.1 Å². The molecule has 138 valence electrons. The number of anilines is 1. The van der Waals surface area contributed by atoms with Gasteiger partial charge in [0.1, 0.15) is 0 Å². The van der Waals surface area contributed by atoms with Crippen molar-refractivity contribution in [2.75, 3.05) is 5.32 Å². The van der Waals surface area contributed by atoms with Crippen LogP contribution in [-0.2, 0) is 7.05 Å². The third kappa shape index (κ3) is 3.34. The largest absolute Gasteiger partial charge is 0.305 e. The molecule has 0 saturated heterocycles. The summed E-state index contributed by atoms with van der Waals surface area (Å²) >= 11 is 3.36. The van der Waals surface area contributed by atoms with Gasteiger partial charge in [-0.05, 0) is 42.5 Å². The Balaban J connectivity index is 1.68. The van der Waals surface area contributed by atoms with Crippen LogP contribution >= 0.6 is 15.9 Å². The number of aryl methyl sites for hydroxylation is 1. The number of rotatable bonds is 4. The van der Waals surface area contributed by atoms with Gasteiger partial charge in [-0.3, -0.25) is 14.3 Å². The highest BCUT2D eigenvalue weighted by Crippen LogP contribution is 2.23. The van der Waals surface area contributed by atoms with Crippen molar-refractivity contribution in [2.24, 2.45) is 7.05 Å². The summed E-state index contributed by atoms with van der Waals surface area (Å²) in [6.07, 6.45) is 0. The summed E-state index contributed by atoms with van der Waals surface area (Å²) in [6.45, 7) is 0. The van der Waals surface area contributed by atoms with Crippen LogP contribution in [0.2, 0.25) is 0 Å². The molecule has 1 heterocycles. The molecule has 1 aromatic heterocycles. The molecule has 4 rings (SSSR count). The highest BCUT2D eigenvalue weighted by Gasteiger charge is 2.19. The van der Waals surface area contributed by atoms with E-state index in [1.807, 2.05) is 31.3 Å². The van der Waals surface area contributed by atoms with Crippen LogP contribution in [-0.4, -0.2) is 21.5 Å². The fraction of sp³-hybridized carbons (Fsp3) is 0.0455. The Morgan fingerprint density at radius 3 is 2.29 bits per heavy atom. The maximum absolute atomic E-state index is 13.0. The van der Waals surface area contributed by atoms with Crippen molar-refractivity contribution in [1.29, 1.82) is 0 Å². The molecule has 28 heavy (non-hydrogen) atoms. The standard InChI is InChI=1S/C22H16BrN3O2/c1-26-19-9-5-4-8-18(19)21(25-26)24-22(28)17-7-3-2-6-16(17)20(27)14-10-12-15(23)13-11-14/h2-13H,1H3,(H,24,25,28). The zero-order valence-corrected chi connectivity index (χ0v) is 16.6. The molecule has 0 unspecified atom stereocenters. The van der Waals surface area contributed by atoms with E-state index in [0.29, 0.717) is 22.5 Å². The number of nitrogens with zero attached hydrogens (tertiary/aromatic N) is 2. The molecule has 1 N–H and O–H groups in total. The van der Waals surface area contributed by atoms with Gasteiger partial charge in [-0.15, -0.1) is 0 Å². The molecule has 0 radical (unpaired) electrons. The summed E-state index contributed by atoms with van der Waals surface area (Å²) in [5.74, 6) is -0.108. The lowest BCUT2D eigenvalue weighted by atomic mass is 9.98. The van der Waals surface area contributed by atoms with Crippen LogP contribution in [0.1, 0.15) is 26.3 Å². The Labute approximate surface area is 170 Å². The van der Waals surface area contributed by atoms with Crippen LogP contribution in [0.15, 0.2) is 77.3 Å². The van der Waals surface area contributed by atoms with Crippen molar-refractivity contribution in [2.45, 2.75) is 0 Å². The average molecular weight is 434 g/mol. The Morgan fingerprint density at radius 2 is 1.54 bits per heavy atom. The minimum Gasteiger partial charge on any atom is -0.305 e. The third-order valence-corrected chi connectivity index (χ3v) is 5.04. The van der Waals surface area contributed by atoms with E-state index in [1.54, 1.807) is 53.2 Å². The normalized spacial score (nSPS) is 10.8. The second kappa shape index (κ2) is 7.40. The molecule has 0 aliphatic carbocycles. The zero-order valence-electron chi connectivity index (χ0n) is 15.0. The predicted molar refractivity (Wildman–Crippen MR) is 113 cm³/mol. The van der Waals surface area contributed by atoms with E-state index in [-0.39, 0.29) is 11.7 Å². The van der Waals surface area contributed by atoms with Crippen LogP contribution in [0.5, 0.6) is 0 Å². The molecule has 3 aromatic carbocycles. The highest BCUT2D eigenvalue weighted by atomic mass is 79.9. The van der Waals surface area contributed by atoms with Crippen molar-refractivity contribution >= 4 is 44.3 Å². The van der Waals surface area contributed by atoms with Gasteiger partial charge in [0.2, 0.25) is 0 Å². The van der Waals surface area contributed by atoms with Gasteiger partial charge in [0, 0.05) is 28.0 Å². The Hall–Kier alpha value is -3.25. The van der Waals surface area contributed by atoms with E-state index in [0.717, 1.165) is 15.4 Å². The number of carbonyl (C=O) groups excluding carboxylic acids is 2. The van der Waals surface area contributed by atoms with Crippen LogP contribution in [0, 0.1) is 0 Å². The second-order valence-corrected chi connectivity index (χ2v) is 7.24. The number of nitrogens with one attached hydrogen (secondary N) is 1. The Morgan fingerprint density at radius 1 is 0.893 bits per heavy atom. The molecule has 5 nitrogen and oxygen atoms in total. The average Bonchev–Trinajstić information content (AvgIpc) is 3.04. The second-order valence-electron chi connectivity index (χ2n) is 6.33. The lowest BCUT2D eigenvalue weighted by Gasteiger charge is -2.09. The van der Waals surface area contributed by atoms with Gasteiger partial charge in [-0.25, -0.2) is 0 Å². The lowest BCUT2D eigenvalue weighted by molar-refractivity contribution is 0.0996. The summed E-state index contributed by atoms with van der Waals surface area (Å²) in [7, 11) is 1.82. The number of halogens is 1. The van der Waals surface area contributed by atoms with Gasteiger partial charge in [-0.1, -0.05) is 46.3 Å². The minimum atomic E-state index is -0.370. The van der Waals surface area contributed by atoms with Gasteiger partial charge < -0.3 is 5.32 Å². The number of hydrogen-bond acceptors (Lipinski definition) is 3. The third-order valence-electron chi connectivity index (χ3n) is 4.51. The van der Waals surface area contributed by atoms with E-state index in [1.165, 1.54) is 0 Å². The fourth-order valence-corrected chi connectivity index (χ4v) is 3.38. The van der Waals surface area contributed by atoms with Crippen LogP contribution in [0.3, 0.4) is 0 Å². The summed E-state index contributed by atoms with van der Waals surface area (Å²) in [5.41, 5.74) is 2.09. The minimum absolute atomic E-state index is 0.205. The number of benzene rings is 3. The van der Waals surface area contributed by atoms with Crippen molar-refractivity contribution in [3.8, 4) is 0 Å². The first-order chi connectivity index (χ1) is 13.5. The number of amides is 1. The lowest BCUT2D eigenvalue weighted by Crippen LogP contribution is -2.17. The maximum atomic E-state index is 13.0. The fourth-order valence-electron chi connectivity index (χ4n) is 3.12. The molecule has 1 amide bonds. The molecular formula is C22H16BrN3O2. The molecule has 6 heteroatoms. The number of fused-ring (bicyclic) bond motifs is 1. The predicted octanol–water partition coefficient (Wildman–Crippen LogP) is 4.82. The number of aromatic nitrogens is 2. The molecule has 0 aliphatic heterocycles. The van der Waals surface area contributed by atoms with E-state index >= 15 is 0 Å². The summed E-state index contributed by atoms with van der Waals surface area (Å²) in [5, 5.41) is 8.08. The number of para-hydroxylation sites is 1. The molecule has 0 saturated carbocycles. The van der Waals surface area contributed by atoms with E-state index < -0.39 is 0 Å². The zero-order chi connectivity index (χ0) is 19.7. The molecule has 0 fully saturated rings. The topological polar surface area (TPSA) is 64.0 Å². The van der Waals surface area contributed by atoms with E-state index in [4.69, 9.17) is 0 Å². The first kappa shape index (κ1) is 18.1. The van der Waals surface area contributed by atoms with E-state index in [2.05, 4.69) is 26.3 Å². The first-order valence-electron chi connectivity index (χ1n) is 8.67. The SMILES string of the molecule is Cn1nc(NC(=O)c2ccccc2C(=O)c2ccc(Br)cc2)c2ccccc21. The summed E-state index contributed by atoms with van der Waals surface area (Å²) in [4.78, 5) is 25.9. The molecule has 0 spiro atoms. The smallest absolute Gasteiger partial charge is 0.257 e. The maximum Gasteiger partial charge on any atom is 0.257 e. The number of hydrogen-bond donors (Lipinski definition) is 1. The Bertz CT molecular complexity index is 1200. The first-order valence-corrected chi connectivity index (χ1v) is 9.46. The van der Waals surface area contributed by atoms with Crippen molar-refractivity contribution in [1.82, 2.24) is 9.78 Å². The Kier molecular flexibility index (Phi) is 4.79. The highest BCUT2D eigenvalue weighted by molar-refractivity contribution is 9.10. The number of carbonyl (C=O) groups is 2. The summed E-state index contributed by atoms with van der Waals surface area (Å²) in [6, 6.07) is 21.5. The van der Waals surface area contributed by atoms with Crippen molar-refractivity contribution in [3.05, 3.63) is 94.0 Å².